The topological polar surface area (TPSA) is 61.8 Å². The quantitative estimate of drug-likeness (QED) is 0.832. The van der Waals surface area contributed by atoms with Gasteiger partial charge < -0.3 is 15.2 Å². The van der Waals surface area contributed by atoms with Crippen molar-refractivity contribution in [3.05, 3.63) is 29.8 Å². The number of aryl methyl sites for hydroxylation is 1. The number of rotatable bonds is 6. The first kappa shape index (κ1) is 15.9. The lowest BCUT2D eigenvalue weighted by Crippen LogP contribution is -2.41. The minimum Gasteiger partial charge on any atom is -0.394 e. The minimum atomic E-state index is 0.0269. The van der Waals surface area contributed by atoms with Crippen LogP contribution in [0.5, 0.6) is 0 Å². The number of anilines is 1. The van der Waals surface area contributed by atoms with Gasteiger partial charge in [0.25, 0.3) is 0 Å². The highest BCUT2D eigenvalue weighted by Gasteiger charge is 2.21. The van der Waals surface area contributed by atoms with Crippen LogP contribution in [0.25, 0.3) is 0 Å². The zero-order valence-electron chi connectivity index (χ0n) is 12.5. The summed E-state index contributed by atoms with van der Waals surface area (Å²) in [7, 11) is 0. The van der Waals surface area contributed by atoms with E-state index in [1.807, 2.05) is 31.2 Å². The maximum atomic E-state index is 12.1. The number of ether oxygens (including phenoxy) is 1. The van der Waals surface area contributed by atoms with E-state index in [9.17, 15) is 4.79 Å². The molecule has 1 aromatic rings. The van der Waals surface area contributed by atoms with Gasteiger partial charge in [0.05, 0.1) is 25.9 Å². The van der Waals surface area contributed by atoms with E-state index in [0.717, 1.165) is 37.2 Å². The molecule has 0 spiro atoms. The van der Waals surface area contributed by atoms with Gasteiger partial charge >= 0.3 is 0 Å². The zero-order chi connectivity index (χ0) is 15.1. The summed E-state index contributed by atoms with van der Waals surface area (Å²) < 4.78 is 5.52. The molecule has 1 aromatic carbocycles. The second-order valence-corrected chi connectivity index (χ2v) is 5.43. The number of piperidine rings is 1. The second-order valence-electron chi connectivity index (χ2n) is 5.43. The Hall–Kier alpha value is -1.43. The summed E-state index contributed by atoms with van der Waals surface area (Å²) in [6, 6.07) is 7.79. The fourth-order valence-electron chi connectivity index (χ4n) is 2.56. The molecule has 1 amide bonds. The minimum absolute atomic E-state index is 0.0269. The highest BCUT2D eigenvalue weighted by atomic mass is 16.5. The average molecular weight is 292 g/mol. The van der Waals surface area contributed by atoms with Crippen LogP contribution >= 0.6 is 0 Å². The zero-order valence-corrected chi connectivity index (χ0v) is 12.5. The van der Waals surface area contributed by atoms with Crippen molar-refractivity contribution >= 4 is 11.6 Å². The third kappa shape index (κ3) is 5.12. The number of aliphatic hydroxyl groups excluding tert-OH is 1. The highest BCUT2D eigenvalue weighted by Crippen LogP contribution is 2.15. The van der Waals surface area contributed by atoms with Crippen molar-refractivity contribution in [1.29, 1.82) is 0 Å². The van der Waals surface area contributed by atoms with Crippen LogP contribution in [0, 0.1) is 6.92 Å². The van der Waals surface area contributed by atoms with Gasteiger partial charge in [0.2, 0.25) is 5.91 Å². The number of para-hydroxylation sites is 1. The Morgan fingerprint density at radius 1 is 1.38 bits per heavy atom. The smallest absolute Gasteiger partial charge is 0.238 e. The number of nitrogens with one attached hydrogen (secondary N) is 1. The fourth-order valence-corrected chi connectivity index (χ4v) is 2.56. The average Bonchev–Trinajstić information content (AvgIpc) is 2.49. The van der Waals surface area contributed by atoms with Gasteiger partial charge in [0, 0.05) is 18.8 Å². The molecule has 0 saturated carbocycles. The summed E-state index contributed by atoms with van der Waals surface area (Å²) in [5.41, 5.74) is 1.95. The van der Waals surface area contributed by atoms with E-state index >= 15 is 0 Å². The standard InChI is InChI=1S/C16H24N2O3/c1-13-4-2-3-5-15(13)17-16(20)12-18-8-6-14(7-9-18)21-11-10-19/h2-5,14,19H,6-12H2,1H3,(H,17,20). The lowest BCUT2D eigenvalue weighted by Gasteiger charge is -2.31. The predicted molar refractivity (Wildman–Crippen MR) is 82.3 cm³/mol. The molecular formula is C16H24N2O3. The van der Waals surface area contributed by atoms with Gasteiger partial charge in [0.1, 0.15) is 0 Å². The van der Waals surface area contributed by atoms with E-state index in [2.05, 4.69) is 10.2 Å². The van der Waals surface area contributed by atoms with Crippen LogP contribution in [0.1, 0.15) is 18.4 Å². The normalized spacial score (nSPS) is 16.9. The van der Waals surface area contributed by atoms with Gasteiger partial charge in [-0.05, 0) is 31.4 Å². The molecule has 5 nitrogen and oxygen atoms in total. The van der Waals surface area contributed by atoms with Gasteiger partial charge in [-0.3, -0.25) is 9.69 Å². The maximum absolute atomic E-state index is 12.1. The Kier molecular flexibility index (Phi) is 6.17. The lowest BCUT2D eigenvalue weighted by molar-refractivity contribution is -0.118. The molecule has 0 aromatic heterocycles. The molecule has 5 heteroatoms. The molecule has 0 aliphatic carbocycles. The summed E-state index contributed by atoms with van der Waals surface area (Å²) in [6.07, 6.45) is 2.04. The van der Waals surface area contributed by atoms with Crippen molar-refractivity contribution in [2.24, 2.45) is 0 Å². The van der Waals surface area contributed by atoms with E-state index in [-0.39, 0.29) is 18.6 Å². The Labute approximate surface area is 125 Å². The monoisotopic (exact) mass is 292 g/mol. The fraction of sp³-hybridized carbons (Fsp3) is 0.562. The SMILES string of the molecule is Cc1ccccc1NC(=O)CN1CCC(OCCO)CC1. The summed E-state index contributed by atoms with van der Waals surface area (Å²) >= 11 is 0. The lowest BCUT2D eigenvalue weighted by atomic mass is 10.1. The van der Waals surface area contributed by atoms with Crippen LogP contribution in [0.15, 0.2) is 24.3 Å². The van der Waals surface area contributed by atoms with E-state index in [1.54, 1.807) is 0 Å². The first-order chi connectivity index (χ1) is 10.2. The largest absolute Gasteiger partial charge is 0.394 e. The Bertz CT molecular complexity index is 457. The summed E-state index contributed by atoms with van der Waals surface area (Å²) in [5.74, 6) is 0.0269. The number of hydrogen-bond donors (Lipinski definition) is 2. The van der Waals surface area contributed by atoms with Gasteiger partial charge in [-0.1, -0.05) is 18.2 Å². The van der Waals surface area contributed by atoms with E-state index in [1.165, 1.54) is 0 Å². The van der Waals surface area contributed by atoms with Crippen molar-refractivity contribution in [1.82, 2.24) is 4.90 Å². The van der Waals surface area contributed by atoms with Crippen molar-refractivity contribution in [3.8, 4) is 0 Å². The third-order valence-electron chi connectivity index (χ3n) is 3.77. The number of benzene rings is 1. The Morgan fingerprint density at radius 2 is 2.10 bits per heavy atom. The van der Waals surface area contributed by atoms with Crippen molar-refractivity contribution < 1.29 is 14.6 Å². The predicted octanol–water partition coefficient (Wildman–Crippen LogP) is 1.41. The molecule has 1 fully saturated rings. The van der Waals surface area contributed by atoms with Crippen molar-refractivity contribution in [2.75, 3.05) is 38.2 Å². The molecule has 0 unspecified atom stereocenters. The van der Waals surface area contributed by atoms with E-state index in [4.69, 9.17) is 9.84 Å². The molecule has 1 saturated heterocycles. The molecular weight excluding hydrogens is 268 g/mol. The molecule has 1 aliphatic rings. The highest BCUT2D eigenvalue weighted by molar-refractivity contribution is 5.92. The molecule has 1 aliphatic heterocycles. The second kappa shape index (κ2) is 8.12. The molecule has 21 heavy (non-hydrogen) atoms. The Morgan fingerprint density at radius 3 is 2.76 bits per heavy atom. The first-order valence-electron chi connectivity index (χ1n) is 7.49. The van der Waals surface area contributed by atoms with Gasteiger partial charge in [-0.2, -0.15) is 0 Å². The first-order valence-corrected chi connectivity index (χ1v) is 7.49. The van der Waals surface area contributed by atoms with Crippen molar-refractivity contribution in [2.45, 2.75) is 25.9 Å². The van der Waals surface area contributed by atoms with E-state index in [0.29, 0.717) is 13.2 Å². The Balaban J connectivity index is 1.73. The number of nitrogens with zero attached hydrogens (tertiary/aromatic N) is 1. The number of aliphatic hydroxyl groups is 1. The van der Waals surface area contributed by atoms with Gasteiger partial charge in [0.15, 0.2) is 0 Å². The van der Waals surface area contributed by atoms with Crippen LogP contribution in [0.3, 0.4) is 0 Å². The number of amides is 1. The molecule has 2 rings (SSSR count). The molecule has 0 atom stereocenters. The van der Waals surface area contributed by atoms with Crippen LogP contribution in [-0.4, -0.2) is 54.9 Å². The van der Waals surface area contributed by atoms with Crippen LogP contribution in [0.2, 0.25) is 0 Å². The van der Waals surface area contributed by atoms with E-state index < -0.39 is 0 Å². The maximum Gasteiger partial charge on any atom is 0.238 e. The number of hydrogen-bond acceptors (Lipinski definition) is 4. The number of likely N-dealkylation sites (tertiary alicyclic amines) is 1. The molecule has 0 radical (unpaired) electrons. The number of carbonyl (C=O) groups excluding carboxylic acids is 1. The van der Waals surface area contributed by atoms with Gasteiger partial charge in [-0.25, -0.2) is 0 Å². The molecule has 1 heterocycles. The summed E-state index contributed by atoms with van der Waals surface area (Å²) in [6.45, 7) is 4.59. The number of carbonyl (C=O) groups is 1. The molecule has 116 valence electrons. The van der Waals surface area contributed by atoms with Crippen LogP contribution in [-0.2, 0) is 9.53 Å². The van der Waals surface area contributed by atoms with Crippen molar-refractivity contribution in [3.63, 3.8) is 0 Å². The van der Waals surface area contributed by atoms with Crippen LogP contribution < -0.4 is 5.32 Å². The molecule has 2 N–H and O–H groups in total. The summed E-state index contributed by atoms with van der Waals surface area (Å²) in [4.78, 5) is 14.2. The third-order valence-corrected chi connectivity index (χ3v) is 3.77. The van der Waals surface area contributed by atoms with Crippen LogP contribution in [0.4, 0.5) is 5.69 Å². The molecule has 0 bridgehead atoms. The van der Waals surface area contributed by atoms with Gasteiger partial charge in [-0.15, -0.1) is 0 Å². The summed E-state index contributed by atoms with van der Waals surface area (Å²) in [5, 5.41) is 11.7.